The summed E-state index contributed by atoms with van der Waals surface area (Å²) in [5.74, 6) is 1.37. The molecule has 0 saturated heterocycles. The standard InChI is InChI=1S/C19H21N3S/c1-13(2)19-20-10-15-11-22(8-7-17(15)21-19)12-16-9-14-5-3-4-6-18(14)23-16/h3-6,9-10,13H,7-8,11-12H2,1-2H3. The first-order chi connectivity index (χ1) is 11.2. The number of rotatable bonds is 3. The van der Waals surface area contributed by atoms with Gasteiger partial charge in [0, 0.05) is 59.0 Å². The molecule has 118 valence electrons. The van der Waals surface area contributed by atoms with Gasteiger partial charge in [0.05, 0.1) is 0 Å². The van der Waals surface area contributed by atoms with Crippen LogP contribution < -0.4 is 0 Å². The largest absolute Gasteiger partial charge is 0.293 e. The van der Waals surface area contributed by atoms with Crippen LogP contribution in [0.15, 0.2) is 36.5 Å². The van der Waals surface area contributed by atoms with Crippen molar-refractivity contribution < 1.29 is 0 Å². The fourth-order valence-corrected chi connectivity index (χ4v) is 4.25. The molecule has 0 fully saturated rings. The van der Waals surface area contributed by atoms with Gasteiger partial charge >= 0.3 is 0 Å². The third-order valence-corrected chi connectivity index (χ3v) is 5.50. The molecule has 0 saturated carbocycles. The van der Waals surface area contributed by atoms with E-state index in [9.17, 15) is 0 Å². The van der Waals surface area contributed by atoms with Crippen LogP contribution in [-0.2, 0) is 19.5 Å². The van der Waals surface area contributed by atoms with Crippen molar-refractivity contribution in [3.05, 3.63) is 58.5 Å². The molecule has 0 atom stereocenters. The van der Waals surface area contributed by atoms with E-state index in [1.54, 1.807) is 0 Å². The fourth-order valence-electron chi connectivity index (χ4n) is 3.14. The molecule has 23 heavy (non-hydrogen) atoms. The molecule has 0 radical (unpaired) electrons. The van der Waals surface area contributed by atoms with Crippen LogP contribution in [0.1, 0.15) is 41.7 Å². The molecule has 3 heterocycles. The van der Waals surface area contributed by atoms with E-state index in [1.165, 1.54) is 26.2 Å². The number of hydrogen-bond acceptors (Lipinski definition) is 4. The minimum atomic E-state index is 0.400. The molecule has 0 amide bonds. The van der Waals surface area contributed by atoms with Crippen LogP contribution in [0.4, 0.5) is 0 Å². The van der Waals surface area contributed by atoms with Crippen LogP contribution in [0.2, 0.25) is 0 Å². The van der Waals surface area contributed by atoms with Crippen molar-refractivity contribution in [2.45, 2.75) is 39.3 Å². The molecule has 0 aliphatic carbocycles. The van der Waals surface area contributed by atoms with E-state index in [0.29, 0.717) is 5.92 Å². The summed E-state index contributed by atoms with van der Waals surface area (Å²) >= 11 is 1.91. The highest BCUT2D eigenvalue weighted by Crippen LogP contribution is 2.28. The predicted octanol–water partition coefficient (Wildman–Crippen LogP) is 4.37. The summed E-state index contributed by atoms with van der Waals surface area (Å²) in [6.45, 7) is 7.36. The summed E-state index contributed by atoms with van der Waals surface area (Å²) < 4.78 is 1.38. The zero-order valence-corrected chi connectivity index (χ0v) is 14.4. The lowest BCUT2D eigenvalue weighted by Crippen LogP contribution is -2.30. The van der Waals surface area contributed by atoms with Gasteiger partial charge in [-0.2, -0.15) is 0 Å². The van der Waals surface area contributed by atoms with Gasteiger partial charge in [-0.25, -0.2) is 9.97 Å². The first-order valence-corrected chi connectivity index (χ1v) is 9.05. The second kappa shape index (κ2) is 6.02. The lowest BCUT2D eigenvalue weighted by atomic mass is 10.1. The van der Waals surface area contributed by atoms with Crippen LogP contribution in [0, 0.1) is 0 Å². The number of nitrogens with zero attached hydrogens (tertiary/aromatic N) is 3. The van der Waals surface area contributed by atoms with Gasteiger partial charge in [-0.05, 0) is 17.5 Å². The Balaban J connectivity index is 1.51. The fraction of sp³-hybridized carbons (Fsp3) is 0.368. The minimum Gasteiger partial charge on any atom is -0.293 e. The summed E-state index contributed by atoms with van der Waals surface area (Å²) in [6.07, 6.45) is 3.07. The molecule has 1 aliphatic heterocycles. The van der Waals surface area contributed by atoms with Crippen molar-refractivity contribution in [3.8, 4) is 0 Å². The van der Waals surface area contributed by atoms with Crippen LogP contribution >= 0.6 is 11.3 Å². The normalized spacial score (nSPS) is 15.3. The Morgan fingerprint density at radius 2 is 2.13 bits per heavy atom. The number of benzene rings is 1. The Labute approximate surface area is 141 Å². The second-order valence-corrected chi connectivity index (χ2v) is 7.73. The smallest absolute Gasteiger partial charge is 0.131 e. The molecule has 2 aromatic heterocycles. The highest BCUT2D eigenvalue weighted by Gasteiger charge is 2.19. The molecule has 0 spiro atoms. The van der Waals surface area contributed by atoms with Gasteiger partial charge in [0.1, 0.15) is 5.82 Å². The highest BCUT2D eigenvalue weighted by molar-refractivity contribution is 7.19. The maximum absolute atomic E-state index is 4.75. The molecule has 0 bridgehead atoms. The molecule has 3 aromatic rings. The van der Waals surface area contributed by atoms with Gasteiger partial charge in [0.2, 0.25) is 0 Å². The first kappa shape index (κ1) is 14.8. The van der Waals surface area contributed by atoms with E-state index in [2.05, 4.69) is 54.1 Å². The lowest BCUT2D eigenvalue weighted by molar-refractivity contribution is 0.244. The lowest BCUT2D eigenvalue weighted by Gasteiger charge is -2.27. The van der Waals surface area contributed by atoms with Crippen LogP contribution in [0.5, 0.6) is 0 Å². The Bertz CT molecular complexity index is 805. The van der Waals surface area contributed by atoms with Gasteiger partial charge < -0.3 is 0 Å². The number of fused-ring (bicyclic) bond motifs is 2. The zero-order valence-electron chi connectivity index (χ0n) is 13.6. The van der Waals surface area contributed by atoms with E-state index in [-0.39, 0.29) is 0 Å². The third kappa shape index (κ3) is 3.01. The first-order valence-electron chi connectivity index (χ1n) is 8.23. The van der Waals surface area contributed by atoms with Gasteiger partial charge in [0.15, 0.2) is 0 Å². The van der Waals surface area contributed by atoms with Crippen molar-refractivity contribution in [3.63, 3.8) is 0 Å². The maximum Gasteiger partial charge on any atom is 0.131 e. The SMILES string of the molecule is CC(C)c1ncc2c(n1)CCN(Cc1cc3ccccc3s1)C2. The topological polar surface area (TPSA) is 29.0 Å². The van der Waals surface area contributed by atoms with Crippen molar-refractivity contribution in [2.24, 2.45) is 0 Å². The van der Waals surface area contributed by atoms with Crippen molar-refractivity contribution in [2.75, 3.05) is 6.54 Å². The zero-order chi connectivity index (χ0) is 15.8. The molecule has 4 heteroatoms. The van der Waals surface area contributed by atoms with Crippen molar-refractivity contribution in [1.82, 2.24) is 14.9 Å². The molecule has 3 nitrogen and oxygen atoms in total. The Morgan fingerprint density at radius 3 is 2.96 bits per heavy atom. The van der Waals surface area contributed by atoms with Crippen molar-refractivity contribution >= 4 is 21.4 Å². The quantitative estimate of drug-likeness (QED) is 0.716. The number of thiophene rings is 1. The van der Waals surface area contributed by atoms with E-state index >= 15 is 0 Å². The summed E-state index contributed by atoms with van der Waals surface area (Å²) in [6, 6.07) is 11.0. The van der Waals surface area contributed by atoms with Gasteiger partial charge in [-0.15, -0.1) is 11.3 Å². The summed E-state index contributed by atoms with van der Waals surface area (Å²) in [5.41, 5.74) is 2.54. The summed E-state index contributed by atoms with van der Waals surface area (Å²) in [5, 5.41) is 1.36. The molecular formula is C19H21N3S. The molecule has 1 aromatic carbocycles. The van der Waals surface area contributed by atoms with E-state index in [4.69, 9.17) is 4.98 Å². The molecule has 4 rings (SSSR count). The van der Waals surface area contributed by atoms with Crippen molar-refractivity contribution in [1.29, 1.82) is 0 Å². The molecular weight excluding hydrogens is 302 g/mol. The van der Waals surface area contributed by atoms with Crippen LogP contribution in [0.25, 0.3) is 10.1 Å². The average Bonchev–Trinajstić information content (AvgIpc) is 2.96. The van der Waals surface area contributed by atoms with E-state index in [1.807, 2.05) is 17.5 Å². The van der Waals surface area contributed by atoms with Crippen LogP contribution in [0.3, 0.4) is 0 Å². The van der Waals surface area contributed by atoms with Gasteiger partial charge in [0.25, 0.3) is 0 Å². The Morgan fingerprint density at radius 1 is 1.26 bits per heavy atom. The average molecular weight is 323 g/mol. The van der Waals surface area contributed by atoms with E-state index < -0.39 is 0 Å². The second-order valence-electron chi connectivity index (χ2n) is 6.57. The predicted molar refractivity (Wildman–Crippen MR) is 95.8 cm³/mol. The molecule has 0 N–H and O–H groups in total. The van der Waals surface area contributed by atoms with Gasteiger partial charge in [-0.1, -0.05) is 32.0 Å². The summed E-state index contributed by atoms with van der Waals surface area (Å²) in [7, 11) is 0. The summed E-state index contributed by atoms with van der Waals surface area (Å²) in [4.78, 5) is 13.2. The van der Waals surface area contributed by atoms with E-state index in [0.717, 1.165) is 31.9 Å². The monoisotopic (exact) mass is 323 g/mol. The number of aromatic nitrogens is 2. The van der Waals surface area contributed by atoms with Gasteiger partial charge in [-0.3, -0.25) is 4.90 Å². The molecule has 1 aliphatic rings. The Hall–Kier alpha value is -1.78. The molecule has 0 unspecified atom stereocenters. The minimum absolute atomic E-state index is 0.400. The maximum atomic E-state index is 4.75. The third-order valence-electron chi connectivity index (χ3n) is 4.40. The Kier molecular flexibility index (Phi) is 3.87. The van der Waals surface area contributed by atoms with Crippen LogP contribution in [-0.4, -0.2) is 21.4 Å². The highest BCUT2D eigenvalue weighted by atomic mass is 32.1. The number of hydrogen-bond donors (Lipinski definition) is 0.